The Bertz CT molecular complexity index is 667. The van der Waals surface area contributed by atoms with Crippen LogP contribution in [0.5, 0.6) is 0 Å². The summed E-state index contributed by atoms with van der Waals surface area (Å²) in [4.78, 5) is 1.25. The monoisotopic (exact) mass is 337 g/mol. The summed E-state index contributed by atoms with van der Waals surface area (Å²) in [6, 6.07) is 4.41. The summed E-state index contributed by atoms with van der Waals surface area (Å²) in [5.41, 5.74) is 0. The van der Waals surface area contributed by atoms with Crippen molar-refractivity contribution in [3.8, 4) is 9.88 Å². The van der Waals surface area contributed by atoms with Gasteiger partial charge in [0.1, 0.15) is 5.01 Å². The molecule has 3 nitrogen and oxygen atoms in total. The summed E-state index contributed by atoms with van der Waals surface area (Å²) < 4.78 is 2.70. The second-order valence-corrected chi connectivity index (χ2v) is 8.56. The van der Waals surface area contributed by atoms with Crippen LogP contribution in [0.25, 0.3) is 19.3 Å². The van der Waals surface area contributed by atoms with Crippen molar-refractivity contribution in [3.05, 3.63) is 22.5 Å². The molecule has 0 aliphatic heterocycles. The standard InChI is InChI=1S/C15H19N3S3/c1-10(2)9-16-6-3-4-14-17-18-15(21-14)13-8-12-11(20-13)5-7-19-12/h5,7-8,10,16H,3-4,6,9H2,1-2H3. The third-order valence-corrected chi connectivity index (χ3v) is 6.36. The van der Waals surface area contributed by atoms with E-state index in [1.807, 2.05) is 11.3 Å². The largest absolute Gasteiger partial charge is 0.316 e. The van der Waals surface area contributed by atoms with Crippen molar-refractivity contribution >= 4 is 43.4 Å². The van der Waals surface area contributed by atoms with E-state index in [1.165, 1.54) is 14.3 Å². The molecule has 3 heterocycles. The van der Waals surface area contributed by atoms with Crippen LogP contribution >= 0.6 is 34.0 Å². The van der Waals surface area contributed by atoms with Crippen molar-refractivity contribution in [3.63, 3.8) is 0 Å². The van der Waals surface area contributed by atoms with Gasteiger partial charge in [0.15, 0.2) is 5.01 Å². The van der Waals surface area contributed by atoms with Gasteiger partial charge in [-0.15, -0.1) is 32.9 Å². The van der Waals surface area contributed by atoms with Crippen molar-refractivity contribution in [1.29, 1.82) is 0 Å². The van der Waals surface area contributed by atoms with E-state index in [0.29, 0.717) is 5.92 Å². The molecule has 21 heavy (non-hydrogen) atoms. The van der Waals surface area contributed by atoms with Gasteiger partial charge in [0.25, 0.3) is 0 Å². The third kappa shape index (κ3) is 3.88. The highest BCUT2D eigenvalue weighted by atomic mass is 32.1. The van der Waals surface area contributed by atoms with Gasteiger partial charge in [0.2, 0.25) is 0 Å². The minimum Gasteiger partial charge on any atom is -0.316 e. The minimum atomic E-state index is 0.714. The number of aryl methyl sites for hydroxylation is 1. The first kappa shape index (κ1) is 15.1. The molecule has 0 fully saturated rings. The number of nitrogens with zero attached hydrogens (tertiary/aromatic N) is 2. The fraction of sp³-hybridized carbons (Fsp3) is 0.467. The number of nitrogens with one attached hydrogen (secondary N) is 1. The van der Waals surface area contributed by atoms with E-state index >= 15 is 0 Å². The average molecular weight is 338 g/mol. The molecule has 0 amide bonds. The Morgan fingerprint density at radius 2 is 2.10 bits per heavy atom. The Kier molecular flexibility index (Phi) is 5.00. The van der Waals surface area contributed by atoms with E-state index in [-0.39, 0.29) is 0 Å². The molecule has 0 aliphatic carbocycles. The van der Waals surface area contributed by atoms with Crippen LogP contribution in [-0.4, -0.2) is 23.3 Å². The lowest BCUT2D eigenvalue weighted by atomic mass is 10.2. The molecule has 0 bridgehead atoms. The molecule has 0 atom stereocenters. The maximum atomic E-state index is 4.35. The highest BCUT2D eigenvalue weighted by Gasteiger charge is 2.10. The Labute approximate surface area is 137 Å². The molecular weight excluding hydrogens is 318 g/mol. The van der Waals surface area contributed by atoms with Gasteiger partial charge in [-0.05, 0) is 42.9 Å². The lowest BCUT2D eigenvalue weighted by Gasteiger charge is -2.05. The number of aromatic nitrogens is 2. The SMILES string of the molecule is CC(C)CNCCCc1nnc(-c2cc3sccc3s2)s1. The van der Waals surface area contributed by atoms with Crippen LogP contribution in [-0.2, 0) is 6.42 Å². The molecule has 0 unspecified atom stereocenters. The number of hydrogen-bond acceptors (Lipinski definition) is 6. The predicted octanol–water partition coefficient (Wildman–Crippen LogP) is 4.66. The van der Waals surface area contributed by atoms with Crippen LogP contribution < -0.4 is 5.32 Å². The average Bonchev–Trinajstić information content (AvgIpc) is 3.12. The fourth-order valence-electron chi connectivity index (χ4n) is 2.08. The van der Waals surface area contributed by atoms with Gasteiger partial charge in [0.05, 0.1) is 4.88 Å². The molecule has 0 aliphatic rings. The zero-order valence-corrected chi connectivity index (χ0v) is 14.7. The van der Waals surface area contributed by atoms with Gasteiger partial charge in [-0.1, -0.05) is 25.2 Å². The zero-order valence-electron chi connectivity index (χ0n) is 12.3. The quantitative estimate of drug-likeness (QED) is 0.637. The van der Waals surface area contributed by atoms with Crippen LogP contribution in [0.3, 0.4) is 0 Å². The maximum absolute atomic E-state index is 4.35. The highest BCUT2D eigenvalue weighted by Crippen LogP contribution is 2.37. The molecule has 3 aromatic rings. The van der Waals surface area contributed by atoms with Crippen molar-refractivity contribution in [2.45, 2.75) is 26.7 Å². The van der Waals surface area contributed by atoms with Gasteiger partial charge < -0.3 is 5.32 Å². The normalized spacial score (nSPS) is 11.8. The van der Waals surface area contributed by atoms with Gasteiger partial charge in [-0.3, -0.25) is 0 Å². The fourth-order valence-corrected chi connectivity index (χ4v) is 5.11. The molecule has 6 heteroatoms. The molecule has 0 saturated carbocycles. The van der Waals surface area contributed by atoms with E-state index in [1.54, 1.807) is 22.7 Å². The Hall–Kier alpha value is -0.820. The molecule has 0 aromatic carbocycles. The molecule has 112 valence electrons. The zero-order chi connectivity index (χ0) is 14.7. The summed E-state index contributed by atoms with van der Waals surface area (Å²) >= 11 is 5.34. The summed E-state index contributed by atoms with van der Waals surface area (Å²) in [6.45, 7) is 6.61. The number of hydrogen-bond donors (Lipinski definition) is 1. The van der Waals surface area contributed by atoms with Crippen molar-refractivity contribution < 1.29 is 0 Å². The number of fused-ring (bicyclic) bond motifs is 1. The Morgan fingerprint density at radius 3 is 2.90 bits per heavy atom. The van der Waals surface area contributed by atoms with E-state index in [4.69, 9.17) is 0 Å². The topological polar surface area (TPSA) is 37.8 Å². The van der Waals surface area contributed by atoms with Crippen molar-refractivity contribution in [1.82, 2.24) is 15.5 Å². The second kappa shape index (κ2) is 6.96. The van der Waals surface area contributed by atoms with E-state index in [2.05, 4.69) is 46.9 Å². The lowest BCUT2D eigenvalue weighted by molar-refractivity contribution is 0.542. The first-order chi connectivity index (χ1) is 10.2. The summed E-state index contributed by atoms with van der Waals surface area (Å²) in [6.07, 6.45) is 2.14. The maximum Gasteiger partial charge on any atom is 0.157 e. The molecule has 0 spiro atoms. The Morgan fingerprint density at radius 1 is 1.19 bits per heavy atom. The summed E-state index contributed by atoms with van der Waals surface area (Å²) in [5.74, 6) is 0.714. The van der Waals surface area contributed by atoms with Gasteiger partial charge in [0, 0.05) is 15.8 Å². The van der Waals surface area contributed by atoms with Crippen LogP contribution in [0.4, 0.5) is 0 Å². The first-order valence-corrected chi connectivity index (χ1v) is 9.74. The molecule has 3 aromatic heterocycles. The van der Waals surface area contributed by atoms with E-state index < -0.39 is 0 Å². The molecule has 3 rings (SSSR count). The van der Waals surface area contributed by atoms with Gasteiger partial charge in [-0.25, -0.2) is 0 Å². The van der Waals surface area contributed by atoms with Gasteiger partial charge >= 0.3 is 0 Å². The summed E-state index contributed by atoms with van der Waals surface area (Å²) in [7, 11) is 0. The molecule has 0 saturated heterocycles. The smallest absolute Gasteiger partial charge is 0.157 e. The Balaban J connectivity index is 1.55. The van der Waals surface area contributed by atoms with E-state index in [0.717, 1.165) is 35.9 Å². The molecule has 0 radical (unpaired) electrons. The van der Waals surface area contributed by atoms with Crippen molar-refractivity contribution in [2.24, 2.45) is 5.92 Å². The van der Waals surface area contributed by atoms with E-state index in [9.17, 15) is 0 Å². The highest BCUT2D eigenvalue weighted by molar-refractivity contribution is 7.30. The minimum absolute atomic E-state index is 0.714. The molecular formula is C15H19N3S3. The van der Waals surface area contributed by atoms with Crippen LogP contribution in [0, 0.1) is 5.92 Å². The predicted molar refractivity (Wildman–Crippen MR) is 94.6 cm³/mol. The van der Waals surface area contributed by atoms with Crippen LogP contribution in [0.1, 0.15) is 25.3 Å². The third-order valence-electron chi connectivity index (χ3n) is 3.11. The first-order valence-electron chi connectivity index (χ1n) is 7.23. The van der Waals surface area contributed by atoms with Gasteiger partial charge in [-0.2, -0.15) is 0 Å². The summed E-state index contributed by atoms with van der Waals surface area (Å²) in [5, 5.41) is 16.5. The van der Waals surface area contributed by atoms with Crippen LogP contribution in [0.2, 0.25) is 0 Å². The lowest BCUT2D eigenvalue weighted by Crippen LogP contribution is -2.21. The van der Waals surface area contributed by atoms with Crippen LogP contribution in [0.15, 0.2) is 17.5 Å². The second-order valence-electron chi connectivity index (χ2n) is 5.46. The van der Waals surface area contributed by atoms with Crippen molar-refractivity contribution in [2.75, 3.05) is 13.1 Å². The number of rotatable bonds is 7. The number of thiophene rings is 2. The molecule has 1 N–H and O–H groups in total.